The molecule has 90 valence electrons. The molecule has 0 saturated carbocycles. The van der Waals surface area contributed by atoms with Gasteiger partial charge >= 0.3 is 0 Å². The van der Waals surface area contributed by atoms with Gasteiger partial charge in [-0.2, -0.15) is 16.9 Å². The smallest absolute Gasteiger partial charge is 0.234 e. The largest absolute Gasteiger partial charge is 0.396 e. The van der Waals surface area contributed by atoms with E-state index in [1.165, 1.54) is 11.8 Å². The van der Waals surface area contributed by atoms with Gasteiger partial charge in [-0.25, -0.2) is 0 Å². The Bertz CT molecular complexity index is 332. The molecule has 0 aromatic carbocycles. The topological polar surface area (TPSA) is 78.0 Å². The highest BCUT2D eigenvalue weighted by Crippen LogP contribution is 2.16. The van der Waals surface area contributed by atoms with Crippen molar-refractivity contribution in [3.63, 3.8) is 0 Å². The van der Waals surface area contributed by atoms with E-state index in [4.69, 9.17) is 5.11 Å². The van der Waals surface area contributed by atoms with Crippen LogP contribution in [0.1, 0.15) is 17.8 Å². The summed E-state index contributed by atoms with van der Waals surface area (Å²) in [4.78, 5) is 11.5. The summed E-state index contributed by atoms with van der Waals surface area (Å²) < 4.78 is 0. The number of aliphatic hydroxyl groups excluding tert-OH is 1. The van der Waals surface area contributed by atoms with Crippen LogP contribution in [0.25, 0.3) is 0 Å². The average Bonchev–Trinajstić information content (AvgIpc) is 2.56. The second-order valence-corrected chi connectivity index (χ2v) is 4.59. The number of aromatic nitrogens is 2. The Morgan fingerprint density at radius 3 is 2.88 bits per heavy atom. The van der Waals surface area contributed by atoms with Crippen molar-refractivity contribution in [3.05, 3.63) is 11.4 Å². The second kappa shape index (κ2) is 6.55. The molecule has 1 aromatic heterocycles. The molecule has 0 atom stereocenters. The van der Waals surface area contributed by atoms with Gasteiger partial charge in [-0.05, 0) is 26.0 Å². The standard InChI is InChI=1S/C10H17N3O2S/c1-7-10(8(2)13-12-7)11-9(15)6-16-5-3-4-14/h14H,3-6H2,1-2H3,(H,11,15)(H,12,13). The molecule has 0 aliphatic rings. The third kappa shape index (κ3) is 3.86. The number of aromatic amines is 1. The number of hydrogen-bond acceptors (Lipinski definition) is 4. The number of nitrogens with zero attached hydrogens (tertiary/aromatic N) is 1. The summed E-state index contributed by atoms with van der Waals surface area (Å²) in [6.45, 7) is 3.89. The highest BCUT2D eigenvalue weighted by atomic mass is 32.2. The van der Waals surface area contributed by atoms with Crippen molar-refractivity contribution in [2.45, 2.75) is 20.3 Å². The molecule has 0 bridgehead atoms. The Balaban J connectivity index is 2.34. The first-order valence-corrected chi connectivity index (χ1v) is 6.30. The number of aryl methyl sites for hydroxylation is 2. The summed E-state index contributed by atoms with van der Waals surface area (Å²) >= 11 is 1.52. The summed E-state index contributed by atoms with van der Waals surface area (Å²) in [5.74, 6) is 1.17. The maximum Gasteiger partial charge on any atom is 0.234 e. The van der Waals surface area contributed by atoms with E-state index in [2.05, 4.69) is 15.5 Å². The third-order valence-corrected chi connectivity index (χ3v) is 3.12. The normalized spacial score (nSPS) is 10.4. The number of hydrogen-bond donors (Lipinski definition) is 3. The fraction of sp³-hybridized carbons (Fsp3) is 0.600. The van der Waals surface area contributed by atoms with Gasteiger partial charge in [0, 0.05) is 6.61 Å². The van der Waals surface area contributed by atoms with Crippen LogP contribution in [0, 0.1) is 13.8 Å². The number of carbonyl (C=O) groups is 1. The van der Waals surface area contributed by atoms with Crippen LogP contribution in [0.15, 0.2) is 0 Å². The van der Waals surface area contributed by atoms with Gasteiger partial charge in [0.15, 0.2) is 0 Å². The number of anilines is 1. The highest BCUT2D eigenvalue weighted by molar-refractivity contribution is 7.99. The molecule has 1 rings (SSSR count). The Morgan fingerprint density at radius 1 is 1.56 bits per heavy atom. The van der Waals surface area contributed by atoms with Crippen molar-refractivity contribution in [1.29, 1.82) is 0 Å². The minimum Gasteiger partial charge on any atom is -0.396 e. The average molecular weight is 243 g/mol. The number of amides is 1. The van der Waals surface area contributed by atoms with Gasteiger partial charge in [-0.3, -0.25) is 9.89 Å². The highest BCUT2D eigenvalue weighted by Gasteiger charge is 2.09. The molecule has 1 amide bonds. The van der Waals surface area contributed by atoms with Crippen molar-refractivity contribution < 1.29 is 9.90 Å². The van der Waals surface area contributed by atoms with Gasteiger partial charge in [-0.15, -0.1) is 0 Å². The first-order chi connectivity index (χ1) is 7.65. The van der Waals surface area contributed by atoms with Crippen LogP contribution >= 0.6 is 11.8 Å². The van der Waals surface area contributed by atoms with E-state index >= 15 is 0 Å². The molecule has 3 N–H and O–H groups in total. The molecule has 0 saturated heterocycles. The third-order valence-electron chi connectivity index (χ3n) is 2.07. The lowest BCUT2D eigenvalue weighted by atomic mass is 10.3. The van der Waals surface area contributed by atoms with Gasteiger partial charge in [0.25, 0.3) is 0 Å². The van der Waals surface area contributed by atoms with Crippen LogP contribution in [-0.2, 0) is 4.79 Å². The van der Waals surface area contributed by atoms with E-state index < -0.39 is 0 Å². The van der Waals surface area contributed by atoms with Crippen LogP contribution in [0.4, 0.5) is 5.69 Å². The fourth-order valence-electron chi connectivity index (χ4n) is 1.24. The van der Waals surface area contributed by atoms with Crippen molar-refractivity contribution >= 4 is 23.4 Å². The molecule has 0 radical (unpaired) electrons. The molecule has 0 unspecified atom stereocenters. The zero-order chi connectivity index (χ0) is 12.0. The molecule has 0 aliphatic carbocycles. The Labute approximate surface area is 99.0 Å². The van der Waals surface area contributed by atoms with E-state index in [-0.39, 0.29) is 12.5 Å². The van der Waals surface area contributed by atoms with Crippen LogP contribution in [0.5, 0.6) is 0 Å². The molecule has 5 nitrogen and oxygen atoms in total. The summed E-state index contributed by atoms with van der Waals surface area (Å²) in [7, 11) is 0. The first kappa shape index (κ1) is 13.1. The maximum atomic E-state index is 11.5. The zero-order valence-corrected chi connectivity index (χ0v) is 10.4. The minimum absolute atomic E-state index is 0.0319. The lowest BCUT2D eigenvalue weighted by Crippen LogP contribution is -2.15. The van der Waals surface area contributed by atoms with Crippen molar-refractivity contribution in [2.24, 2.45) is 0 Å². The Hall–Kier alpha value is -1.01. The monoisotopic (exact) mass is 243 g/mol. The molecule has 0 fully saturated rings. The quantitative estimate of drug-likeness (QED) is 0.653. The van der Waals surface area contributed by atoms with Gasteiger partial charge in [0.05, 0.1) is 22.8 Å². The van der Waals surface area contributed by atoms with Crippen LogP contribution < -0.4 is 5.32 Å². The first-order valence-electron chi connectivity index (χ1n) is 5.15. The van der Waals surface area contributed by atoms with Gasteiger partial charge in [0.2, 0.25) is 5.91 Å². The van der Waals surface area contributed by atoms with Crippen molar-refractivity contribution in [1.82, 2.24) is 10.2 Å². The van der Waals surface area contributed by atoms with Crippen LogP contribution in [0.3, 0.4) is 0 Å². The van der Waals surface area contributed by atoms with E-state index in [9.17, 15) is 4.79 Å². The summed E-state index contributed by atoms with van der Waals surface area (Å²) in [6.07, 6.45) is 0.724. The van der Waals surface area contributed by atoms with Gasteiger partial charge in [-0.1, -0.05) is 0 Å². The lowest BCUT2D eigenvalue weighted by molar-refractivity contribution is -0.113. The molecule has 16 heavy (non-hydrogen) atoms. The predicted octanol–water partition coefficient (Wildman–Crippen LogP) is 1.08. The number of thioether (sulfide) groups is 1. The zero-order valence-electron chi connectivity index (χ0n) is 9.54. The van der Waals surface area contributed by atoms with E-state index in [1.54, 1.807) is 0 Å². The van der Waals surface area contributed by atoms with Gasteiger partial charge < -0.3 is 10.4 Å². The number of carbonyl (C=O) groups excluding carboxylic acids is 1. The SMILES string of the molecule is Cc1n[nH]c(C)c1NC(=O)CSCCCO. The minimum atomic E-state index is -0.0319. The fourth-order valence-corrected chi connectivity index (χ4v) is 1.98. The Morgan fingerprint density at radius 2 is 2.31 bits per heavy atom. The molecule has 0 aliphatic heterocycles. The van der Waals surface area contributed by atoms with Crippen LogP contribution in [0.2, 0.25) is 0 Å². The molecule has 1 aromatic rings. The molecule has 1 heterocycles. The summed E-state index contributed by atoms with van der Waals surface area (Å²) in [5.41, 5.74) is 2.44. The van der Waals surface area contributed by atoms with E-state index in [0.717, 1.165) is 29.2 Å². The van der Waals surface area contributed by atoms with E-state index in [0.29, 0.717) is 5.75 Å². The van der Waals surface area contributed by atoms with Crippen LogP contribution in [-0.4, -0.2) is 39.3 Å². The Kier molecular flexibility index (Phi) is 5.34. The van der Waals surface area contributed by atoms with Gasteiger partial charge in [0.1, 0.15) is 0 Å². The lowest BCUT2D eigenvalue weighted by Gasteiger charge is -2.04. The molecule has 6 heteroatoms. The molecule has 0 spiro atoms. The number of rotatable bonds is 6. The van der Waals surface area contributed by atoms with Crippen molar-refractivity contribution in [2.75, 3.05) is 23.4 Å². The van der Waals surface area contributed by atoms with Crippen molar-refractivity contribution in [3.8, 4) is 0 Å². The molecular weight excluding hydrogens is 226 g/mol. The summed E-state index contributed by atoms with van der Waals surface area (Å²) in [5, 5.41) is 18.2. The van der Waals surface area contributed by atoms with E-state index in [1.807, 2.05) is 13.8 Å². The number of nitrogens with one attached hydrogen (secondary N) is 2. The number of aliphatic hydroxyl groups is 1. The second-order valence-electron chi connectivity index (χ2n) is 3.49. The maximum absolute atomic E-state index is 11.5. The summed E-state index contributed by atoms with van der Waals surface area (Å²) in [6, 6.07) is 0. The molecular formula is C10H17N3O2S. The predicted molar refractivity (Wildman–Crippen MR) is 65.7 cm³/mol. The number of H-pyrrole nitrogens is 1.